The summed E-state index contributed by atoms with van der Waals surface area (Å²) in [5.74, 6) is 0.110. The van der Waals surface area contributed by atoms with Gasteiger partial charge in [-0.25, -0.2) is 0 Å². The number of hydrogen-bond acceptors (Lipinski definition) is 3. The molecular formula is C22H25ClN2O2. The minimum atomic E-state index is -0.309. The molecule has 0 radical (unpaired) electrons. The number of amides is 1. The molecule has 1 amide bonds. The summed E-state index contributed by atoms with van der Waals surface area (Å²) in [5, 5.41) is 13.9. The molecule has 27 heavy (non-hydrogen) atoms. The van der Waals surface area contributed by atoms with Crippen LogP contribution in [-0.4, -0.2) is 30.2 Å². The van der Waals surface area contributed by atoms with Crippen molar-refractivity contribution in [1.29, 1.82) is 0 Å². The predicted octanol–water partition coefficient (Wildman–Crippen LogP) is 4.04. The quantitative estimate of drug-likeness (QED) is 0.839. The fourth-order valence-corrected chi connectivity index (χ4v) is 4.38. The van der Waals surface area contributed by atoms with Crippen molar-refractivity contribution >= 4 is 28.9 Å². The molecule has 1 heterocycles. The number of nitrogens with one attached hydrogen (secondary N) is 1. The zero-order chi connectivity index (χ0) is 18.8. The van der Waals surface area contributed by atoms with Crippen LogP contribution in [0.1, 0.15) is 30.4 Å². The Labute approximate surface area is 165 Å². The van der Waals surface area contributed by atoms with Crippen LogP contribution in [0.2, 0.25) is 5.02 Å². The number of fused-ring (bicyclic) bond motifs is 1. The van der Waals surface area contributed by atoms with Crippen LogP contribution < -0.4 is 10.2 Å². The number of aliphatic hydroxyl groups is 1. The summed E-state index contributed by atoms with van der Waals surface area (Å²) in [7, 11) is 0. The molecule has 0 aromatic heterocycles. The largest absolute Gasteiger partial charge is 0.393 e. The van der Waals surface area contributed by atoms with E-state index in [1.807, 2.05) is 30.3 Å². The van der Waals surface area contributed by atoms with E-state index in [4.69, 9.17) is 11.6 Å². The van der Waals surface area contributed by atoms with Crippen LogP contribution >= 0.6 is 11.6 Å². The third-order valence-corrected chi connectivity index (χ3v) is 5.99. The van der Waals surface area contributed by atoms with Gasteiger partial charge in [-0.15, -0.1) is 0 Å². The lowest BCUT2D eigenvalue weighted by molar-refractivity contribution is -0.120. The van der Waals surface area contributed by atoms with Gasteiger partial charge in [-0.3, -0.25) is 4.79 Å². The first-order valence-corrected chi connectivity index (χ1v) is 10.1. The van der Waals surface area contributed by atoms with Crippen molar-refractivity contribution in [3.8, 4) is 0 Å². The molecular weight excluding hydrogens is 360 g/mol. The third kappa shape index (κ3) is 4.12. The molecule has 2 aliphatic rings. The van der Waals surface area contributed by atoms with Crippen LogP contribution in [0.15, 0.2) is 42.5 Å². The Hall–Kier alpha value is -2.04. The zero-order valence-corrected chi connectivity index (χ0v) is 16.1. The summed E-state index contributed by atoms with van der Waals surface area (Å²) in [4.78, 5) is 15.1. The summed E-state index contributed by atoms with van der Waals surface area (Å²) in [5.41, 5.74) is 4.33. The van der Waals surface area contributed by atoms with E-state index in [-0.39, 0.29) is 17.9 Å². The van der Waals surface area contributed by atoms with Crippen molar-refractivity contribution in [2.24, 2.45) is 5.92 Å². The number of benzene rings is 2. The molecule has 0 saturated carbocycles. The molecule has 2 N–H and O–H groups in total. The second-order valence-electron chi connectivity index (χ2n) is 7.57. The molecule has 1 saturated heterocycles. The van der Waals surface area contributed by atoms with Gasteiger partial charge in [0.1, 0.15) is 0 Å². The maximum atomic E-state index is 12.8. The molecule has 2 aromatic carbocycles. The van der Waals surface area contributed by atoms with Crippen molar-refractivity contribution in [3.05, 3.63) is 58.6 Å². The van der Waals surface area contributed by atoms with Crippen molar-refractivity contribution in [1.82, 2.24) is 0 Å². The number of rotatable bonds is 3. The Balaban J connectivity index is 1.39. The van der Waals surface area contributed by atoms with E-state index in [9.17, 15) is 9.90 Å². The molecule has 1 atom stereocenters. The zero-order valence-electron chi connectivity index (χ0n) is 15.3. The highest BCUT2D eigenvalue weighted by Gasteiger charge is 2.27. The highest BCUT2D eigenvalue weighted by molar-refractivity contribution is 6.30. The first-order chi connectivity index (χ1) is 13.1. The van der Waals surface area contributed by atoms with Gasteiger partial charge in [0.15, 0.2) is 0 Å². The van der Waals surface area contributed by atoms with E-state index in [0.717, 1.165) is 60.7 Å². The standard InChI is InChI=1S/C22H25ClN2O2/c23-17-4-2-5-18(13-17)25-11-9-16(10-12-25)22(27)24-21-6-1-3-15-7-8-19(26)14-20(15)21/h1-6,13,16,19,26H,7-12,14H2,(H,24,27). The van der Waals surface area contributed by atoms with E-state index in [1.165, 1.54) is 5.56 Å². The van der Waals surface area contributed by atoms with Gasteiger partial charge in [0.2, 0.25) is 5.91 Å². The van der Waals surface area contributed by atoms with Crippen LogP contribution in [0.4, 0.5) is 11.4 Å². The first-order valence-electron chi connectivity index (χ1n) is 9.70. The van der Waals surface area contributed by atoms with Crippen molar-refractivity contribution in [2.45, 2.75) is 38.2 Å². The van der Waals surface area contributed by atoms with E-state index in [1.54, 1.807) is 0 Å². The van der Waals surface area contributed by atoms with Crippen LogP contribution in [0.25, 0.3) is 0 Å². The van der Waals surface area contributed by atoms with E-state index < -0.39 is 0 Å². The average Bonchev–Trinajstić information content (AvgIpc) is 2.68. The van der Waals surface area contributed by atoms with Gasteiger partial charge >= 0.3 is 0 Å². The van der Waals surface area contributed by atoms with E-state index >= 15 is 0 Å². The van der Waals surface area contributed by atoms with Crippen molar-refractivity contribution in [3.63, 3.8) is 0 Å². The van der Waals surface area contributed by atoms with E-state index in [2.05, 4.69) is 22.3 Å². The summed E-state index contributed by atoms with van der Waals surface area (Å²) in [6, 6.07) is 13.9. The lowest BCUT2D eigenvalue weighted by Crippen LogP contribution is -2.38. The van der Waals surface area contributed by atoms with Crippen LogP contribution in [0.3, 0.4) is 0 Å². The Morgan fingerprint density at radius 3 is 2.67 bits per heavy atom. The first kappa shape index (κ1) is 18.3. The van der Waals surface area contributed by atoms with Crippen LogP contribution in [0.5, 0.6) is 0 Å². The SMILES string of the molecule is O=C(Nc1cccc2c1CC(O)CC2)C1CCN(c2cccc(Cl)c2)CC1. The van der Waals surface area contributed by atoms with Crippen molar-refractivity contribution in [2.75, 3.05) is 23.3 Å². The molecule has 1 aliphatic heterocycles. The molecule has 2 aromatic rings. The highest BCUT2D eigenvalue weighted by Crippen LogP contribution is 2.30. The van der Waals surface area contributed by atoms with Gasteiger partial charge in [0.25, 0.3) is 0 Å². The molecule has 142 valence electrons. The minimum absolute atomic E-state index is 0.0183. The molecule has 1 aliphatic carbocycles. The fourth-order valence-electron chi connectivity index (χ4n) is 4.19. The Morgan fingerprint density at radius 1 is 1.11 bits per heavy atom. The molecule has 4 nitrogen and oxygen atoms in total. The fraction of sp³-hybridized carbons (Fsp3) is 0.409. The Bertz CT molecular complexity index is 831. The Morgan fingerprint density at radius 2 is 1.89 bits per heavy atom. The van der Waals surface area contributed by atoms with Crippen LogP contribution in [-0.2, 0) is 17.6 Å². The number of halogens is 1. The monoisotopic (exact) mass is 384 g/mol. The van der Waals surface area contributed by atoms with Crippen molar-refractivity contribution < 1.29 is 9.90 Å². The summed E-state index contributed by atoms with van der Waals surface area (Å²) >= 11 is 6.09. The lowest BCUT2D eigenvalue weighted by Gasteiger charge is -2.33. The maximum Gasteiger partial charge on any atom is 0.227 e. The van der Waals surface area contributed by atoms with Gasteiger partial charge in [-0.2, -0.15) is 0 Å². The average molecular weight is 385 g/mol. The molecule has 4 rings (SSSR count). The smallest absolute Gasteiger partial charge is 0.227 e. The lowest BCUT2D eigenvalue weighted by atomic mass is 9.88. The van der Waals surface area contributed by atoms with Gasteiger partial charge in [-0.1, -0.05) is 29.8 Å². The summed E-state index contributed by atoms with van der Waals surface area (Å²) in [6.45, 7) is 1.70. The van der Waals surface area contributed by atoms with Gasteiger partial charge in [0, 0.05) is 41.8 Å². The maximum absolute atomic E-state index is 12.8. The van der Waals surface area contributed by atoms with Gasteiger partial charge in [-0.05, 0) is 61.1 Å². The molecule has 5 heteroatoms. The second kappa shape index (κ2) is 7.91. The summed E-state index contributed by atoms with van der Waals surface area (Å²) in [6.07, 6.45) is 3.65. The van der Waals surface area contributed by atoms with Gasteiger partial charge < -0.3 is 15.3 Å². The van der Waals surface area contributed by atoms with Gasteiger partial charge in [0.05, 0.1) is 6.10 Å². The summed E-state index contributed by atoms with van der Waals surface area (Å²) < 4.78 is 0. The second-order valence-corrected chi connectivity index (χ2v) is 8.01. The number of carbonyl (C=O) groups excluding carboxylic acids is 1. The number of aryl methyl sites for hydroxylation is 1. The third-order valence-electron chi connectivity index (χ3n) is 5.76. The molecule has 0 bridgehead atoms. The molecule has 0 spiro atoms. The molecule has 1 unspecified atom stereocenters. The van der Waals surface area contributed by atoms with E-state index in [0.29, 0.717) is 6.42 Å². The van der Waals surface area contributed by atoms with Crippen LogP contribution in [0, 0.1) is 5.92 Å². The number of anilines is 2. The minimum Gasteiger partial charge on any atom is -0.393 e. The number of piperidine rings is 1. The highest BCUT2D eigenvalue weighted by atomic mass is 35.5. The topological polar surface area (TPSA) is 52.6 Å². The predicted molar refractivity (Wildman–Crippen MR) is 109 cm³/mol. The number of aliphatic hydroxyl groups excluding tert-OH is 1. The number of carbonyl (C=O) groups is 1. The molecule has 1 fully saturated rings. The number of nitrogens with zero attached hydrogens (tertiary/aromatic N) is 1. The number of hydrogen-bond donors (Lipinski definition) is 2. The Kier molecular flexibility index (Phi) is 5.37. The normalized spacial score (nSPS) is 20.2.